The molecule has 4 fully saturated rings. The van der Waals surface area contributed by atoms with E-state index in [1.165, 1.54) is 6.08 Å². The SMILES string of the molecule is C=C1C(O)C2(O)OCC34C1CC(=O)OC3C(O)C1C(C)=CC(=O)C(O)C1(C)C24. The third-order valence-corrected chi connectivity index (χ3v) is 8.17. The van der Waals surface area contributed by atoms with Gasteiger partial charge < -0.3 is 29.9 Å². The first-order chi connectivity index (χ1) is 13.0. The Hall–Kier alpha value is -1.58. The number of ether oxygens (including phenoxy) is 2. The lowest BCUT2D eigenvalue weighted by atomic mass is 9.38. The average molecular weight is 392 g/mol. The van der Waals surface area contributed by atoms with Crippen molar-refractivity contribution in [2.24, 2.45) is 28.6 Å². The van der Waals surface area contributed by atoms with Crippen LogP contribution in [0.1, 0.15) is 20.3 Å². The van der Waals surface area contributed by atoms with Crippen LogP contribution in [0.25, 0.3) is 0 Å². The Morgan fingerprint density at radius 2 is 1.89 bits per heavy atom. The van der Waals surface area contributed by atoms with Crippen molar-refractivity contribution >= 4 is 11.8 Å². The lowest BCUT2D eigenvalue weighted by Crippen LogP contribution is -2.78. The van der Waals surface area contributed by atoms with Crippen molar-refractivity contribution in [1.29, 1.82) is 0 Å². The molecule has 28 heavy (non-hydrogen) atoms. The highest BCUT2D eigenvalue weighted by Crippen LogP contribution is 2.73. The summed E-state index contributed by atoms with van der Waals surface area (Å²) in [6.07, 6.45) is -4.01. The van der Waals surface area contributed by atoms with E-state index in [4.69, 9.17) is 9.47 Å². The van der Waals surface area contributed by atoms with Crippen molar-refractivity contribution in [1.82, 2.24) is 0 Å². The number of hydrogen-bond donors (Lipinski definition) is 4. The van der Waals surface area contributed by atoms with Gasteiger partial charge >= 0.3 is 5.97 Å². The molecule has 10 unspecified atom stereocenters. The highest BCUT2D eigenvalue weighted by Gasteiger charge is 2.83. The third kappa shape index (κ3) is 1.68. The summed E-state index contributed by atoms with van der Waals surface area (Å²) in [6.45, 7) is 7.12. The molecule has 5 rings (SSSR count). The molecule has 3 aliphatic carbocycles. The minimum absolute atomic E-state index is 0.0747. The maximum absolute atomic E-state index is 12.5. The van der Waals surface area contributed by atoms with Gasteiger partial charge in [-0.25, -0.2) is 0 Å². The Labute approximate surface area is 161 Å². The van der Waals surface area contributed by atoms with Gasteiger partial charge in [-0.15, -0.1) is 0 Å². The van der Waals surface area contributed by atoms with Crippen molar-refractivity contribution in [2.45, 2.75) is 50.5 Å². The van der Waals surface area contributed by atoms with Gasteiger partial charge in [0.1, 0.15) is 18.3 Å². The molecule has 1 spiro atoms. The number of ketones is 1. The second-order valence-corrected chi connectivity index (χ2v) is 9.26. The lowest BCUT2D eigenvalue weighted by Gasteiger charge is -2.67. The summed E-state index contributed by atoms with van der Waals surface area (Å²) in [7, 11) is 0. The van der Waals surface area contributed by atoms with Crippen LogP contribution in [0, 0.1) is 28.6 Å². The van der Waals surface area contributed by atoms with Gasteiger partial charge in [-0.2, -0.15) is 0 Å². The van der Waals surface area contributed by atoms with E-state index >= 15 is 0 Å². The van der Waals surface area contributed by atoms with Crippen molar-refractivity contribution in [3.8, 4) is 0 Å². The number of carbonyl (C=O) groups is 2. The van der Waals surface area contributed by atoms with Crippen LogP contribution in [0.3, 0.4) is 0 Å². The molecular formula is C20H24O8. The highest BCUT2D eigenvalue weighted by atomic mass is 16.6. The molecular weight excluding hydrogens is 368 g/mol. The molecule has 0 amide bonds. The van der Waals surface area contributed by atoms with Crippen molar-refractivity contribution in [3.63, 3.8) is 0 Å². The smallest absolute Gasteiger partial charge is 0.306 e. The van der Waals surface area contributed by atoms with E-state index in [1.54, 1.807) is 13.8 Å². The molecule has 152 valence electrons. The molecule has 5 aliphatic rings. The first-order valence-corrected chi connectivity index (χ1v) is 9.52. The van der Waals surface area contributed by atoms with E-state index in [9.17, 15) is 30.0 Å². The zero-order valence-corrected chi connectivity index (χ0v) is 15.7. The van der Waals surface area contributed by atoms with Crippen LogP contribution in [0.4, 0.5) is 0 Å². The molecule has 2 saturated carbocycles. The van der Waals surface area contributed by atoms with Crippen LogP contribution < -0.4 is 0 Å². The van der Waals surface area contributed by atoms with Crippen LogP contribution in [0.2, 0.25) is 0 Å². The number of rotatable bonds is 0. The van der Waals surface area contributed by atoms with Crippen molar-refractivity contribution in [3.05, 3.63) is 23.8 Å². The van der Waals surface area contributed by atoms with Crippen LogP contribution in [0.15, 0.2) is 23.8 Å². The van der Waals surface area contributed by atoms with Gasteiger partial charge in [-0.1, -0.05) is 19.1 Å². The fourth-order valence-corrected chi connectivity index (χ4v) is 7.29. The average Bonchev–Trinajstić information content (AvgIpc) is 2.91. The second kappa shape index (κ2) is 5.12. The minimum Gasteiger partial charge on any atom is -0.459 e. The maximum Gasteiger partial charge on any atom is 0.306 e. The number of fused-ring (bicyclic) bond motifs is 1. The molecule has 0 aromatic rings. The Kier molecular flexibility index (Phi) is 3.37. The van der Waals surface area contributed by atoms with Gasteiger partial charge in [0.2, 0.25) is 0 Å². The van der Waals surface area contributed by atoms with Crippen LogP contribution in [-0.4, -0.2) is 69.0 Å². The second-order valence-electron chi connectivity index (χ2n) is 9.26. The number of aliphatic hydroxyl groups excluding tert-OH is 3. The Morgan fingerprint density at radius 1 is 1.21 bits per heavy atom. The molecule has 4 N–H and O–H groups in total. The molecule has 2 heterocycles. The van der Waals surface area contributed by atoms with Gasteiger partial charge in [-0.05, 0) is 18.6 Å². The fourth-order valence-electron chi connectivity index (χ4n) is 7.29. The third-order valence-electron chi connectivity index (χ3n) is 8.17. The summed E-state index contributed by atoms with van der Waals surface area (Å²) < 4.78 is 11.3. The zero-order chi connectivity index (χ0) is 20.4. The van der Waals surface area contributed by atoms with E-state index < -0.39 is 70.5 Å². The Bertz CT molecular complexity index is 849. The number of aliphatic hydroxyl groups is 4. The predicted octanol–water partition coefficient (Wildman–Crippen LogP) is -0.943. The standard InChI is InChI=1S/C20H24O8/c1-7-4-10(21)15(25)18(3)12(7)13(23)16-19-6-27-20(26,17(18)19)14(24)8(2)9(19)5-11(22)28-16/h4,9,12-17,23-26H,2,5-6H2,1,3H3. The summed E-state index contributed by atoms with van der Waals surface area (Å²) in [5.41, 5.74) is -1.65. The van der Waals surface area contributed by atoms with Gasteiger partial charge in [-0.3, -0.25) is 9.59 Å². The van der Waals surface area contributed by atoms with Crippen molar-refractivity contribution in [2.75, 3.05) is 6.61 Å². The van der Waals surface area contributed by atoms with E-state index in [1.807, 2.05) is 0 Å². The van der Waals surface area contributed by atoms with Crippen LogP contribution in [0.5, 0.6) is 0 Å². The molecule has 2 saturated heterocycles. The van der Waals surface area contributed by atoms with E-state index in [0.29, 0.717) is 5.57 Å². The van der Waals surface area contributed by atoms with Gasteiger partial charge in [0.25, 0.3) is 0 Å². The molecule has 0 aromatic heterocycles. The molecule has 8 heteroatoms. The molecule has 8 nitrogen and oxygen atoms in total. The van der Waals surface area contributed by atoms with E-state index in [-0.39, 0.29) is 18.6 Å². The summed E-state index contributed by atoms with van der Waals surface area (Å²) in [6, 6.07) is 0. The van der Waals surface area contributed by atoms with Gasteiger partial charge in [0.05, 0.1) is 19.1 Å². The summed E-state index contributed by atoms with van der Waals surface area (Å²) >= 11 is 0. The zero-order valence-electron chi connectivity index (χ0n) is 15.7. The molecule has 10 atom stereocenters. The molecule has 2 bridgehead atoms. The predicted molar refractivity (Wildman–Crippen MR) is 92.3 cm³/mol. The Morgan fingerprint density at radius 3 is 2.57 bits per heavy atom. The van der Waals surface area contributed by atoms with E-state index in [2.05, 4.69) is 6.58 Å². The number of carbonyl (C=O) groups excluding carboxylic acids is 2. The Balaban J connectivity index is 1.83. The minimum atomic E-state index is -2.11. The fraction of sp³-hybridized carbons (Fsp3) is 0.700. The topological polar surface area (TPSA) is 134 Å². The van der Waals surface area contributed by atoms with Crippen LogP contribution >= 0.6 is 0 Å². The number of esters is 1. The normalized spacial score (nSPS) is 57.3. The van der Waals surface area contributed by atoms with Crippen molar-refractivity contribution < 1.29 is 39.5 Å². The monoisotopic (exact) mass is 392 g/mol. The molecule has 0 radical (unpaired) electrons. The van der Waals surface area contributed by atoms with Crippen LogP contribution in [-0.2, 0) is 19.1 Å². The number of hydrogen-bond acceptors (Lipinski definition) is 8. The summed E-state index contributed by atoms with van der Waals surface area (Å²) in [5, 5.41) is 44.6. The molecule has 2 aliphatic heterocycles. The quantitative estimate of drug-likeness (QED) is 0.307. The van der Waals surface area contributed by atoms with Gasteiger partial charge in [0.15, 0.2) is 11.6 Å². The van der Waals surface area contributed by atoms with E-state index in [0.717, 1.165) is 0 Å². The molecule has 0 aromatic carbocycles. The largest absolute Gasteiger partial charge is 0.459 e. The summed E-state index contributed by atoms with van der Waals surface area (Å²) in [4.78, 5) is 24.9. The summed E-state index contributed by atoms with van der Waals surface area (Å²) in [5.74, 6) is -5.48. The van der Waals surface area contributed by atoms with Gasteiger partial charge in [0, 0.05) is 28.6 Å². The maximum atomic E-state index is 12.5. The lowest BCUT2D eigenvalue weighted by molar-refractivity contribution is -0.319. The highest BCUT2D eigenvalue weighted by molar-refractivity contribution is 5.96. The first kappa shape index (κ1) is 18.4. The first-order valence-electron chi connectivity index (χ1n) is 9.52.